The van der Waals surface area contributed by atoms with Gasteiger partial charge in [-0.2, -0.15) is 0 Å². The molecule has 1 aliphatic heterocycles. The second kappa shape index (κ2) is 5.80. The van der Waals surface area contributed by atoms with Gasteiger partial charge in [0.1, 0.15) is 11.3 Å². The summed E-state index contributed by atoms with van der Waals surface area (Å²) in [5.41, 5.74) is -0.156. The summed E-state index contributed by atoms with van der Waals surface area (Å²) in [6.07, 6.45) is 0.709. The Balaban J connectivity index is 2.31. The number of sulfone groups is 1. The van der Waals surface area contributed by atoms with Gasteiger partial charge in [0.05, 0.1) is 24.4 Å². The van der Waals surface area contributed by atoms with Gasteiger partial charge in [-0.1, -0.05) is 0 Å². The van der Waals surface area contributed by atoms with Crippen molar-refractivity contribution < 1.29 is 27.8 Å². The largest absolute Gasteiger partial charge is 0.496 e. The molecule has 7 heteroatoms. The Morgan fingerprint density at radius 2 is 2.25 bits per heavy atom. The summed E-state index contributed by atoms with van der Waals surface area (Å²) in [5.74, 6) is -1.14. The molecule has 0 bridgehead atoms. The van der Waals surface area contributed by atoms with Gasteiger partial charge < -0.3 is 14.6 Å². The first-order valence-electron chi connectivity index (χ1n) is 6.16. The van der Waals surface area contributed by atoms with E-state index < -0.39 is 15.8 Å². The Hall–Kier alpha value is -1.60. The van der Waals surface area contributed by atoms with Gasteiger partial charge in [-0.3, -0.25) is 0 Å². The SMILES string of the molecule is COc1ccc(S(=O)(=O)CC2CCOC2)cc1C(=O)O. The molecule has 1 heterocycles. The Morgan fingerprint density at radius 3 is 2.80 bits per heavy atom. The van der Waals surface area contributed by atoms with E-state index in [0.717, 1.165) is 6.07 Å². The van der Waals surface area contributed by atoms with Crippen molar-refractivity contribution in [2.45, 2.75) is 11.3 Å². The van der Waals surface area contributed by atoms with Gasteiger partial charge in [-0.15, -0.1) is 0 Å². The van der Waals surface area contributed by atoms with Crippen molar-refractivity contribution in [2.75, 3.05) is 26.1 Å². The summed E-state index contributed by atoms with van der Waals surface area (Å²) < 4.78 is 34.6. The lowest BCUT2D eigenvalue weighted by molar-refractivity contribution is 0.0693. The van der Waals surface area contributed by atoms with E-state index in [1.54, 1.807) is 0 Å². The van der Waals surface area contributed by atoms with Crippen LogP contribution in [0.1, 0.15) is 16.8 Å². The van der Waals surface area contributed by atoms with Crippen molar-refractivity contribution in [1.82, 2.24) is 0 Å². The van der Waals surface area contributed by atoms with E-state index in [1.165, 1.54) is 19.2 Å². The maximum absolute atomic E-state index is 12.3. The Kier molecular flexibility index (Phi) is 4.29. The third-order valence-corrected chi connectivity index (χ3v) is 5.12. The number of carbonyl (C=O) groups is 1. The maximum Gasteiger partial charge on any atom is 0.339 e. The number of carboxylic acids is 1. The van der Waals surface area contributed by atoms with E-state index >= 15 is 0 Å². The minimum absolute atomic E-state index is 0.00241. The zero-order chi connectivity index (χ0) is 14.8. The second-order valence-electron chi connectivity index (χ2n) is 4.68. The lowest BCUT2D eigenvalue weighted by Gasteiger charge is -2.11. The average molecular weight is 300 g/mol. The minimum atomic E-state index is -3.52. The van der Waals surface area contributed by atoms with Gasteiger partial charge in [0.2, 0.25) is 0 Å². The van der Waals surface area contributed by atoms with Gasteiger partial charge in [0.15, 0.2) is 9.84 Å². The highest BCUT2D eigenvalue weighted by atomic mass is 32.2. The third-order valence-electron chi connectivity index (χ3n) is 3.24. The van der Waals surface area contributed by atoms with Crippen LogP contribution in [0.3, 0.4) is 0 Å². The standard InChI is InChI=1S/C13H16O6S/c1-18-12-3-2-10(6-11(12)13(14)15)20(16,17)8-9-4-5-19-7-9/h2-3,6,9H,4-5,7-8H2,1H3,(H,14,15). The van der Waals surface area contributed by atoms with Crippen molar-refractivity contribution in [3.05, 3.63) is 23.8 Å². The van der Waals surface area contributed by atoms with Crippen LogP contribution in [0.2, 0.25) is 0 Å². The molecular weight excluding hydrogens is 284 g/mol. The van der Waals surface area contributed by atoms with E-state index in [1.807, 2.05) is 0 Å². The summed E-state index contributed by atoms with van der Waals surface area (Å²) in [4.78, 5) is 11.1. The predicted molar refractivity (Wildman–Crippen MR) is 70.9 cm³/mol. The minimum Gasteiger partial charge on any atom is -0.496 e. The number of hydrogen-bond acceptors (Lipinski definition) is 5. The van der Waals surface area contributed by atoms with E-state index in [-0.39, 0.29) is 27.9 Å². The number of methoxy groups -OCH3 is 1. The van der Waals surface area contributed by atoms with E-state index in [9.17, 15) is 13.2 Å². The fourth-order valence-corrected chi connectivity index (χ4v) is 3.82. The highest BCUT2D eigenvalue weighted by Gasteiger charge is 2.26. The number of rotatable bonds is 5. The molecular formula is C13H16O6S. The number of benzene rings is 1. The quantitative estimate of drug-likeness (QED) is 0.879. The van der Waals surface area contributed by atoms with Crippen LogP contribution in [0.25, 0.3) is 0 Å². The van der Waals surface area contributed by atoms with Crippen molar-refractivity contribution in [1.29, 1.82) is 0 Å². The molecule has 1 N–H and O–H groups in total. The number of aromatic carboxylic acids is 1. The molecule has 1 aliphatic rings. The highest BCUT2D eigenvalue weighted by Crippen LogP contribution is 2.25. The Morgan fingerprint density at radius 1 is 1.50 bits per heavy atom. The number of ether oxygens (including phenoxy) is 2. The van der Waals surface area contributed by atoms with Crippen LogP contribution >= 0.6 is 0 Å². The molecule has 20 heavy (non-hydrogen) atoms. The van der Waals surface area contributed by atoms with Crippen LogP contribution in [0.4, 0.5) is 0 Å². The van der Waals surface area contributed by atoms with E-state index in [0.29, 0.717) is 19.6 Å². The molecule has 6 nitrogen and oxygen atoms in total. The highest BCUT2D eigenvalue weighted by molar-refractivity contribution is 7.91. The molecule has 0 aliphatic carbocycles. The van der Waals surface area contributed by atoms with Crippen molar-refractivity contribution >= 4 is 15.8 Å². The van der Waals surface area contributed by atoms with Crippen molar-refractivity contribution in [2.24, 2.45) is 5.92 Å². The summed E-state index contributed by atoms with van der Waals surface area (Å²) in [5, 5.41) is 9.08. The zero-order valence-electron chi connectivity index (χ0n) is 11.0. The fourth-order valence-electron chi connectivity index (χ4n) is 2.17. The fraction of sp³-hybridized carbons (Fsp3) is 0.462. The molecule has 0 aromatic heterocycles. The zero-order valence-corrected chi connectivity index (χ0v) is 11.9. The summed E-state index contributed by atoms with van der Waals surface area (Å²) in [6, 6.07) is 3.88. The molecule has 2 rings (SSSR count). The van der Waals surface area contributed by atoms with Crippen LogP contribution in [-0.2, 0) is 14.6 Å². The van der Waals surface area contributed by atoms with Crippen LogP contribution in [0.15, 0.2) is 23.1 Å². The van der Waals surface area contributed by atoms with Crippen LogP contribution in [0, 0.1) is 5.92 Å². The van der Waals surface area contributed by atoms with E-state index in [4.69, 9.17) is 14.6 Å². The van der Waals surface area contributed by atoms with Crippen LogP contribution < -0.4 is 4.74 Å². The summed E-state index contributed by atoms with van der Waals surface area (Å²) in [6.45, 7) is 1.00. The lowest BCUT2D eigenvalue weighted by atomic mass is 10.2. The lowest BCUT2D eigenvalue weighted by Crippen LogP contribution is -2.17. The molecule has 0 spiro atoms. The summed E-state index contributed by atoms with van der Waals surface area (Å²) >= 11 is 0. The van der Waals surface area contributed by atoms with Gasteiger partial charge in [-0.05, 0) is 30.5 Å². The van der Waals surface area contributed by atoms with E-state index in [2.05, 4.69) is 0 Å². The molecule has 0 saturated carbocycles. The number of carboxylic acid groups (broad SMARTS) is 1. The Labute approximate surface area is 117 Å². The van der Waals surface area contributed by atoms with Crippen LogP contribution in [0.5, 0.6) is 5.75 Å². The first kappa shape index (κ1) is 14.8. The van der Waals surface area contributed by atoms with Crippen molar-refractivity contribution in [3.63, 3.8) is 0 Å². The van der Waals surface area contributed by atoms with Gasteiger partial charge >= 0.3 is 5.97 Å². The first-order chi connectivity index (χ1) is 9.44. The van der Waals surface area contributed by atoms with Gasteiger partial charge in [0, 0.05) is 6.61 Å². The molecule has 0 amide bonds. The average Bonchev–Trinajstić information content (AvgIpc) is 2.89. The van der Waals surface area contributed by atoms with Gasteiger partial charge in [-0.25, -0.2) is 13.2 Å². The molecule has 1 atom stereocenters. The normalized spacial score (nSPS) is 18.9. The van der Waals surface area contributed by atoms with Gasteiger partial charge in [0.25, 0.3) is 0 Å². The molecule has 110 valence electrons. The topological polar surface area (TPSA) is 89.9 Å². The molecule has 1 saturated heterocycles. The maximum atomic E-state index is 12.3. The number of hydrogen-bond donors (Lipinski definition) is 1. The molecule has 0 radical (unpaired) electrons. The second-order valence-corrected chi connectivity index (χ2v) is 6.71. The molecule has 1 aromatic carbocycles. The molecule has 1 unspecified atom stereocenters. The van der Waals surface area contributed by atoms with Crippen molar-refractivity contribution in [3.8, 4) is 5.75 Å². The predicted octanol–water partition coefficient (Wildman–Crippen LogP) is 1.20. The molecule has 1 aromatic rings. The smallest absolute Gasteiger partial charge is 0.339 e. The third kappa shape index (κ3) is 3.10. The summed E-state index contributed by atoms with van der Waals surface area (Å²) in [7, 11) is -2.18. The first-order valence-corrected chi connectivity index (χ1v) is 7.81. The monoisotopic (exact) mass is 300 g/mol. The van der Waals surface area contributed by atoms with Crippen LogP contribution in [-0.4, -0.2) is 45.6 Å². The Bertz CT molecular complexity index is 601. The molecule has 1 fully saturated rings.